The van der Waals surface area contributed by atoms with Crippen molar-refractivity contribution < 1.29 is 4.79 Å². The highest BCUT2D eigenvalue weighted by Gasteiger charge is 2.25. The second-order valence-corrected chi connectivity index (χ2v) is 4.65. The standard InChI is InChI=1S/C12H24N2O.ClH/c1-3-11(4-2)14-12(15)9-6-5-7-10(13)8-9;/h9-11H,3-8,13H2,1-2H3,(H,14,15);1H. The van der Waals surface area contributed by atoms with Crippen molar-refractivity contribution in [1.82, 2.24) is 5.32 Å². The molecule has 16 heavy (non-hydrogen) atoms. The van der Waals surface area contributed by atoms with Crippen molar-refractivity contribution in [2.24, 2.45) is 11.7 Å². The Morgan fingerprint density at radius 1 is 1.38 bits per heavy atom. The zero-order valence-electron chi connectivity index (χ0n) is 10.4. The number of amides is 1. The van der Waals surface area contributed by atoms with Gasteiger partial charge in [-0.15, -0.1) is 12.4 Å². The number of halogens is 1. The number of rotatable bonds is 4. The van der Waals surface area contributed by atoms with Gasteiger partial charge in [-0.05, 0) is 32.1 Å². The molecule has 0 heterocycles. The Bertz CT molecular complexity index is 207. The summed E-state index contributed by atoms with van der Waals surface area (Å²) in [5, 5.41) is 3.11. The van der Waals surface area contributed by atoms with Crippen LogP contribution in [0.4, 0.5) is 0 Å². The lowest BCUT2D eigenvalue weighted by Crippen LogP contribution is -2.41. The first kappa shape index (κ1) is 15.7. The van der Waals surface area contributed by atoms with Crippen LogP contribution in [0.25, 0.3) is 0 Å². The van der Waals surface area contributed by atoms with Gasteiger partial charge in [0.25, 0.3) is 0 Å². The van der Waals surface area contributed by atoms with Gasteiger partial charge in [0.05, 0.1) is 0 Å². The molecule has 2 atom stereocenters. The summed E-state index contributed by atoms with van der Waals surface area (Å²) >= 11 is 0. The molecule has 0 aliphatic heterocycles. The molecule has 0 aromatic rings. The van der Waals surface area contributed by atoms with Gasteiger partial charge in [-0.25, -0.2) is 0 Å². The molecule has 3 N–H and O–H groups in total. The predicted molar refractivity (Wildman–Crippen MR) is 69.7 cm³/mol. The fraction of sp³-hybridized carbons (Fsp3) is 0.917. The number of carbonyl (C=O) groups excluding carboxylic acids is 1. The van der Waals surface area contributed by atoms with E-state index in [0.717, 1.165) is 38.5 Å². The molecule has 1 rings (SSSR count). The lowest BCUT2D eigenvalue weighted by molar-refractivity contribution is -0.126. The molecule has 0 bridgehead atoms. The van der Waals surface area contributed by atoms with E-state index in [0.29, 0.717) is 6.04 Å². The lowest BCUT2D eigenvalue weighted by atomic mass is 9.85. The summed E-state index contributed by atoms with van der Waals surface area (Å²) in [5.74, 6) is 0.383. The normalized spacial score (nSPS) is 25.0. The molecular formula is C12H25ClN2O. The third-order valence-electron chi connectivity index (χ3n) is 3.42. The molecule has 4 heteroatoms. The summed E-state index contributed by atoms with van der Waals surface area (Å²) in [5.41, 5.74) is 5.88. The quantitative estimate of drug-likeness (QED) is 0.802. The molecule has 1 fully saturated rings. The third kappa shape index (κ3) is 4.71. The van der Waals surface area contributed by atoms with Crippen molar-refractivity contribution in [2.75, 3.05) is 0 Å². The molecule has 0 aromatic carbocycles. The van der Waals surface area contributed by atoms with Crippen molar-refractivity contribution >= 4 is 18.3 Å². The van der Waals surface area contributed by atoms with Crippen LogP contribution < -0.4 is 11.1 Å². The molecule has 0 spiro atoms. The average Bonchev–Trinajstić information content (AvgIpc) is 2.25. The largest absolute Gasteiger partial charge is 0.353 e. The Hall–Kier alpha value is -0.280. The van der Waals surface area contributed by atoms with E-state index >= 15 is 0 Å². The van der Waals surface area contributed by atoms with Gasteiger partial charge in [0.1, 0.15) is 0 Å². The number of carbonyl (C=O) groups is 1. The van der Waals surface area contributed by atoms with Crippen LogP contribution in [-0.4, -0.2) is 18.0 Å². The Morgan fingerprint density at radius 3 is 2.50 bits per heavy atom. The smallest absolute Gasteiger partial charge is 0.223 e. The minimum absolute atomic E-state index is 0. The van der Waals surface area contributed by atoms with Gasteiger partial charge in [0.2, 0.25) is 5.91 Å². The van der Waals surface area contributed by atoms with Gasteiger partial charge in [-0.3, -0.25) is 4.79 Å². The summed E-state index contributed by atoms with van der Waals surface area (Å²) in [6.45, 7) is 4.22. The van der Waals surface area contributed by atoms with E-state index in [1.54, 1.807) is 0 Å². The number of nitrogens with two attached hydrogens (primary N) is 1. The Morgan fingerprint density at radius 2 is 2.00 bits per heavy atom. The first-order valence-corrected chi connectivity index (χ1v) is 6.23. The maximum atomic E-state index is 11.9. The number of nitrogens with one attached hydrogen (secondary N) is 1. The third-order valence-corrected chi connectivity index (χ3v) is 3.42. The fourth-order valence-corrected chi connectivity index (χ4v) is 2.28. The number of hydrogen-bond donors (Lipinski definition) is 2. The maximum absolute atomic E-state index is 11.9. The van der Waals surface area contributed by atoms with Crippen molar-refractivity contribution in [2.45, 2.75) is 64.5 Å². The van der Waals surface area contributed by atoms with Gasteiger partial charge in [0.15, 0.2) is 0 Å². The molecule has 1 aliphatic rings. The van der Waals surface area contributed by atoms with Gasteiger partial charge < -0.3 is 11.1 Å². The SMILES string of the molecule is CCC(CC)NC(=O)C1CCCC(N)C1.Cl. The molecule has 1 aliphatic carbocycles. The van der Waals surface area contributed by atoms with Crippen LogP contribution in [0, 0.1) is 5.92 Å². The first-order valence-electron chi connectivity index (χ1n) is 6.23. The molecule has 0 radical (unpaired) electrons. The minimum atomic E-state index is 0. The Balaban J connectivity index is 0.00000225. The van der Waals surface area contributed by atoms with Crippen molar-refractivity contribution in [1.29, 1.82) is 0 Å². The van der Waals surface area contributed by atoms with Gasteiger partial charge >= 0.3 is 0 Å². The van der Waals surface area contributed by atoms with Gasteiger partial charge in [-0.1, -0.05) is 20.3 Å². The molecule has 1 saturated carbocycles. The maximum Gasteiger partial charge on any atom is 0.223 e. The molecule has 1 amide bonds. The van der Waals surface area contributed by atoms with E-state index < -0.39 is 0 Å². The van der Waals surface area contributed by atoms with E-state index in [1.807, 2.05) is 0 Å². The molecule has 0 aromatic heterocycles. The summed E-state index contributed by atoms with van der Waals surface area (Å²) in [6, 6.07) is 0.576. The van der Waals surface area contributed by atoms with Gasteiger partial charge in [0, 0.05) is 18.0 Å². The zero-order valence-corrected chi connectivity index (χ0v) is 11.2. The Labute approximate surface area is 105 Å². The molecule has 0 saturated heterocycles. The summed E-state index contributed by atoms with van der Waals surface area (Å²) < 4.78 is 0. The predicted octanol–water partition coefficient (Wildman–Crippen LogP) is 2.23. The van der Waals surface area contributed by atoms with E-state index in [-0.39, 0.29) is 30.3 Å². The Kier molecular flexibility index (Phi) is 7.77. The average molecular weight is 249 g/mol. The van der Waals surface area contributed by atoms with Crippen LogP contribution in [0.2, 0.25) is 0 Å². The number of hydrogen-bond acceptors (Lipinski definition) is 2. The highest BCUT2D eigenvalue weighted by atomic mass is 35.5. The van der Waals surface area contributed by atoms with Crippen LogP contribution in [0.15, 0.2) is 0 Å². The summed E-state index contributed by atoms with van der Waals surface area (Å²) in [7, 11) is 0. The highest BCUT2D eigenvalue weighted by molar-refractivity contribution is 5.85. The second kappa shape index (κ2) is 7.91. The zero-order chi connectivity index (χ0) is 11.3. The van der Waals surface area contributed by atoms with Crippen LogP contribution in [-0.2, 0) is 4.79 Å². The molecular weight excluding hydrogens is 224 g/mol. The minimum Gasteiger partial charge on any atom is -0.353 e. The van der Waals surface area contributed by atoms with Crippen molar-refractivity contribution in [3.05, 3.63) is 0 Å². The fourth-order valence-electron chi connectivity index (χ4n) is 2.28. The van der Waals surface area contributed by atoms with E-state index in [1.165, 1.54) is 0 Å². The highest BCUT2D eigenvalue weighted by Crippen LogP contribution is 2.23. The summed E-state index contributed by atoms with van der Waals surface area (Å²) in [4.78, 5) is 11.9. The van der Waals surface area contributed by atoms with E-state index in [2.05, 4.69) is 19.2 Å². The lowest BCUT2D eigenvalue weighted by Gasteiger charge is -2.27. The van der Waals surface area contributed by atoms with Crippen LogP contribution >= 0.6 is 12.4 Å². The molecule has 3 nitrogen and oxygen atoms in total. The topological polar surface area (TPSA) is 55.1 Å². The van der Waals surface area contributed by atoms with Crippen molar-refractivity contribution in [3.63, 3.8) is 0 Å². The second-order valence-electron chi connectivity index (χ2n) is 4.65. The van der Waals surface area contributed by atoms with Crippen molar-refractivity contribution in [3.8, 4) is 0 Å². The van der Waals surface area contributed by atoms with Crippen LogP contribution in [0.3, 0.4) is 0 Å². The molecule has 2 unspecified atom stereocenters. The van der Waals surface area contributed by atoms with Crippen LogP contribution in [0.1, 0.15) is 52.4 Å². The molecule has 96 valence electrons. The first-order chi connectivity index (χ1) is 7.17. The van der Waals surface area contributed by atoms with E-state index in [4.69, 9.17) is 5.73 Å². The van der Waals surface area contributed by atoms with Gasteiger partial charge in [-0.2, -0.15) is 0 Å². The summed E-state index contributed by atoms with van der Waals surface area (Å²) in [6.07, 6.45) is 6.09. The van der Waals surface area contributed by atoms with E-state index in [9.17, 15) is 4.79 Å². The van der Waals surface area contributed by atoms with Crippen LogP contribution in [0.5, 0.6) is 0 Å². The monoisotopic (exact) mass is 248 g/mol.